The van der Waals surface area contributed by atoms with Crippen molar-refractivity contribution in [1.29, 1.82) is 0 Å². The van der Waals surface area contributed by atoms with Gasteiger partial charge in [0.25, 0.3) is 0 Å². The van der Waals surface area contributed by atoms with E-state index in [1.54, 1.807) is 0 Å². The van der Waals surface area contributed by atoms with Crippen molar-refractivity contribution in [3.8, 4) is 11.5 Å². The molecule has 2 unspecified atom stereocenters. The van der Waals surface area contributed by atoms with Crippen LogP contribution in [0.1, 0.15) is 52.1 Å². The minimum atomic E-state index is -0.480. The summed E-state index contributed by atoms with van der Waals surface area (Å²) in [6.07, 6.45) is 2.03. The smallest absolute Gasteiger partial charge is 0.407 e. The van der Waals surface area contributed by atoms with Crippen LogP contribution in [0.2, 0.25) is 0 Å². The molecule has 1 aliphatic carbocycles. The lowest BCUT2D eigenvalue weighted by Crippen LogP contribution is -2.44. The quantitative estimate of drug-likeness (QED) is 0.825. The Morgan fingerprint density at radius 2 is 2.00 bits per heavy atom. The van der Waals surface area contributed by atoms with E-state index in [1.165, 1.54) is 12.8 Å². The Kier molecular flexibility index (Phi) is 5.08. The molecule has 0 spiro atoms. The van der Waals surface area contributed by atoms with E-state index in [0.29, 0.717) is 12.5 Å². The van der Waals surface area contributed by atoms with Crippen LogP contribution in [0.3, 0.4) is 0 Å². The van der Waals surface area contributed by atoms with E-state index in [1.807, 2.05) is 32.9 Å². The van der Waals surface area contributed by atoms with Gasteiger partial charge < -0.3 is 24.8 Å². The van der Waals surface area contributed by atoms with Crippen molar-refractivity contribution in [1.82, 2.24) is 10.6 Å². The second kappa shape index (κ2) is 7.12. The van der Waals surface area contributed by atoms with Gasteiger partial charge in [-0.05, 0) is 64.2 Å². The van der Waals surface area contributed by atoms with E-state index in [-0.39, 0.29) is 25.0 Å². The van der Waals surface area contributed by atoms with Crippen molar-refractivity contribution >= 4 is 6.09 Å². The predicted octanol–water partition coefficient (Wildman–Crippen LogP) is 3.37. The average molecular weight is 348 g/mol. The molecule has 1 amide bonds. The number of hydrogen-bond donors (Lipinski definition) is 2. The number of carbonyl (C=O) groups is 1. The predicted molar refractivity (Wildman–Crippen MR) is 94.9 cm³/mol. The lowest BCUT2D eigenvalue weighted by atomic mass is 10.0. The van der Waals surface area contributed by atoms with Gasteiger partial charge in [-0.15, -0.1) is 0 Å². The Morgan fingerprint density at radius 3 is 2.68 bits per heavy atom. The first-order valence-corrected chi connectivity index (χ1v) is 8.94. The standard InChI is InChI=1S/C19H28N2O4/c1-12(14-7-8-16-17(9-14)24-11-23-16)21-15(13-5-6-13)10-20-18(22)25-19(2,3)4/h7-9,12-13,15,21H,5-6,10-11H2,1-4H3,(H,20,22). The fraction of sp³-hybridized carbons (Fsp3) is 0.632. The SMILES string of the molecule is CC(NC(CNC(=O)OC(C)(C)C)C1CC1)c1ccc2c(c1)OCO2. The van der Waals surface area contributed by atoms with Gasteiger partial charge in [-0.25, -0.2) is 4.79 Å². The van der Waals surface area contributed by atoms with Crippen molar-refractivity contribution in [3.63, 3.8) is 0 Å². The van der Waals surface area contributed by atoms with E-state index in [9.17, 15) is 4.79 Å². The summed E-state index contributed by atoms with van der Waals surface area (Å²) < 4.78 is 16.1. The number of hydrogen-bond acceptors (Lipinski definition) is 5. The highest BCUT2D eigenvalue weighted by Crippen LogP contribution is 2.36. The summed E-state index contributed by atoms with van der Waals surface area (Å²) in [4.78, 5) is 11.9. The molecule has 6 heteroatoms. The zero-order valence-electron chi connectivity index (χ0n) is 15.4. The van der Waals surface area contributed by atoms with E-state index < -0.39 is 5.60 Å². The zero-order valence-corrected chi connectivity index (χ0v) is 15.4. The summed E-state index contributed by atoms with van der Waals surface area (Å²) in [6.45, 7) is 8.57. The molecule has 0 saturated heterocycles. The lowest BCUT2D eigenvalue weighted by molar-refractivity contribution is 0.0520. The molecule has 2 N–H and O–H groups in total. The van der Waals surface area contributed by atoms with Crippen LogP contribution in [0.5, 0.6) is 11.5 Å². The maximum absolute atomic E-state index is 11.9. The number of fused-ring (bicyclic) bond motifs is 1. The zero-order chi connectivity index (χ0) is 18.0. The lowest BCUT2D eigenvalue weighted by Gasteiger charge is -2.25. The molecule has 1 saturated carbocycles. The van der Waals surface area contributed by atoms with Gasteiger partial charge >= 0.3 is 6.09 Å². The molecule has 1 aromatic carbocycles. The summed E-state index contributed by atoms with van der Waals surface area (Å²) in [5.74, 6) is 2.19. The van der Waals surface area contributed by atoms with Gasteiger partial charge in [0.15, 0.2) is 11.5 Å². The van der Waals surface area contributed by atoms with Crippen LogP contribution in [0.25, 0.3) is 0 Å². The van der Waals surface area contributed by atoms with Crippen LogP contribution in [-0.2, 0) is 4.74 Å². The molecule has 0 radical (unpaired) electrons. The van der Waals surface area contributed by atoms with Gasteiger partial charge in [0, 0.05) is 18.6 Å². The molecular weight excluding hydrogens is 320 g/mol. The third-order valence-corrected chi connectivity index (χ3v) is 4.42. The molecular formula is C19H28N2O4. The first-order chi connectivity index (χ1) is 11.8. The van der Waals surface area contributed by atoms with Crippen LogP contribution >= 0.6 is 0 Å². The van der Waals surface area contributed by atoms with E-state index in [4.69, 9.17) is 14.2 Å². The first kappa shape index (κ1) is 17.9. The van der Waals surface area contributed by atoms with Gasteiger partial charge in [0.05, 0.1) is 0 Å². The van der Waals surface area contributed by atoms with Crippen molar-refractivity contribution in [2.75, 3.05) is 13.3 Å². The molecule has 1 fully saturated rings. The molecule has 1 aromatic rings. The third kappa shape index (κ3) is 5.01. The van der Waals surface area contributed by atoms with E-state index >= 15 is 0 Å². The molecule has 6 nitrogen and oxygen atoms in total. The normalized spacial score (nSPS) is 18.6. The van der Waals surface area contributed by atoms with Gasteiger partial charge in [-0.3, -0.25) is 0 Å². The minimum Gasteiger partial charge on any atom is -0.454 e. The Balaban J connectivity index is 1.55. The number of benzene rings is 1. The second-order valence-corrected chi connectivity index (χ2v) is 7.83. The maximum Gasteiger partial charge on any atom is 0.407 e. The number of nitrogens with one attached hydrogen (secondary N) is 2. The molecule has 2 atom stereocenters. The van der Waals surface area contributed by atoms with Crippen molar-refractivity contribution in [3.05, 3.63) is 23.8 Å². The maximum atomic E-state index is 11.9. The number of amides is 1. The highest BCUT2D eigenvalue weighted by Gasteiger charge is 2.33. The molecule has 2 aliphatic rings. The summed E-state index contributed by atoms with van der Waals surface area (Å²) in [5, 5.41) is 6.53. The van der Waals surface area contributed by atoms with Crippen LogP contribution in [0.4, 0.5) is 4.79 Å². The van der Waals surface area contributed by atoms with Crippen LogP contribution < -0.4 is 20.1 Å². The molecule has 0 aromatic heterocycles. The fourth-order valence-electron chi connectivity index (χ4n) is 2.97. The van der Waals surface area contributed by atoms with Crippen molar-refractivity contribution in [2.24, 2.45) is 5.92 Å². The van der Waals surface area contributed by atoms with Gasteiger partial charge in [-0.2, -0.15) is 0 Å². The van der Waals surface area contributed by atoms with Crippen LogP contribution in [0, 0.1) is 5.92 Å². The third-order valence-electron chi connectivity index (χ3n) is 4.42. The molecule has 3 rings (SSSR count). The first-order valence-electron chi connectivity index (χ1n) is 8.94. The number of alkyl carbamates (subject to hydrolysis) is 1. The second-order valence-electron chi connectivity index (χ2n) is 7.83. The summed E-state index contributed by atoms with van der Waals surface area (Å²) >= 11 is 0. The summed E-state index contributed by atoms with van der Waals surface area (Å²) in [7, 11) is 0. The highest BCUT2D eigenvalue weighted by atomic mass is 16.7. The molecule has 1 aliphatic heterocycles. The highest BCUT2D eigenvalue weighted by molar-refractivity contribution is 5.67. The number of rotatable bonds is 6. The number of carbonyl (C=O) groups excluding carboxylic acids is 1. The molecule has 1 heterocycles. The fourth-order valence-corrected chi connectivity index (χ4v) is 2.97. The Morgan fingerprint density at radius 1 is 1.28 bits per heavy atom. The Hall–Kier alpha value is -1.95. The monoisotopic (exact) mass is 348 g/mol. The average Bonchev–Trinajstić information content (AvgIpc) is 3.26. The van der Waals surface area contributed by atoms with Crippen LogP contribution in [0.15, 0.2) is 18.2 Å². The largest absolute Gasteiger partial charge is 0.454 e. The molecule has 138 valence electrons. The van der Waals surface area contributed by atoms with Gasteiger partial charge in [0.1, 0.15) is 5.60 Å². The van der Waals surface area contributed by atoms with Gasteiger partial charge in [0.2, 0.25) is 6.79 Å². The van der Waals surface area contributed by atoms with Gasteiger partial charge in [-0.1, -0.05) is 6.07 Å². The topological polar surface area (TPSA) is 68.8 Å². The van der Waals surface area contributed by atoms with Crippen molar-refractivity contribution < 1.29 is 19.0 Å². The summed E-state index contributed by atoms with van der Waals surface area (Å²) in [6, 6.07) is 6.40. The van der Waals surface area contributed by atoms with E-state index in [0.717, 1.165) is 17.1 Å². The Labute approximate surface area is 149 Å². The molecule has 0 bridgehead atoms. The molecule has 25 heavy (non-hydrogen) atoms. The summed E-state index contributed by atoms with van der Waals surface area (Å²) in [5.41, 5.74) is 0.666. The van der Waals surface area contributed by atoms with E-state index in [2.05, 4.69) is 23.6 Å². The Bertz CT molecular complexity index is 622. The van der Waals surface area contributed by atoms with Crippen molar-refractivity contribution in [2.45, 2.75) is 58.2 Å². The number of ether oxygens (including phenoxy) is 3. The van der Waals surface area contributed by atoms with Crippen LogP contribution in [-0.4, -0.2) is 31.1 Å². The minimum absolute atomic E-state index is 0.153.